The van der Waals surface area contributed by atoms with Gasteiger partial charge in [-0.05, 0) is 30.3 Å². The van der Waals surface area contributed by atoms with Gasteiger partial charge in [0.15, 0.2) is 0 Å². The van der Waals surface area contributed by atoms with Crippen molar-refractivity contribution >= 4 is 23.3 Å². The molecule has 26 heavy (non-hydrogen) atoms. The molecule has 1 saturated heterocycles. The molecule has 1 aromatic carbocycles. The maximum atomic E-state index is 12.7. The van der Waals surface area contributed by atoms with E-state index >= 15 is 0 Å². The largest absolute Gasteiger partial charge is 0.352 e. The normalized spacial score (nSPS) is 13.8. The van der Waals surface area contributed by atoms with E-state index in [4.69, 9.17) is 0 Å². The first-order valence-corrected chi connectivity index (χ1v) is 8.35. The molecule has 1 aliphatic heterocycles. The van der Waals surface area contributed by atoms with Crippen molar-refractivity contribution in [3.05, 3.63) is 53.7 Å². The van der Waals surface area contributed by atoms with Crippen molar-refractivity contribution in [3.63, 3.8) is 0 Å². The van der Waals surface area contributed by atoms with Crippen molar-refractivity contribution < 1.29 is 9.59 Å². The van der Waals surface area contributed by atoms with Gasteiger partial charge in [0.25, 0.3) is 5.91 Å². The van der Waals surface area contributed by atoms with Crippen LogP contribution in [-0.4, -0.2) is 47.9 Å². The van der Waals surface area contributed by atoms with Crippen molar-refractivity contribution in [1.82, 2.24) is 9.88 Å². The molecule has 1 N–H and O–H groups in total. The van der Waals surface area contributed by atoms with Crippen LogP contribution in [0.25, 0.3) is 0 Å². The first-order chi connectivity index (χ1) is 12.6. The number of nitrogens with one attached hydrogen (secondary N) is 1. The summed E-state index contributed by atoms with van der Waals surface area (Å²) in [5, 5.41) is 11.9. The Morgan fingerprint density at radius 3 is 2.62 bits per heavy atom. The highest BCUT2D eigenvalue weighted by Crippen LogP contribution is 2.19. The van der Waals surface area contributed by atoms with Crippen molar-refractivity contribution in [2.45, 2.75) is 6.92 Å². The smallest absolute Gasteiger partial charge is 0.254 e. The fourth-order valence-electron chi connectivity index (χ4n) is 2.97. The molecule has 7 heteroatoms. The lowest BCUT2D eigenvalue weighted by Gasteiger charge is -2.35. The summed E-state index contributed by atoms with van der Waals surface area (Å²) in [7, 11) is 0. The van der Waals surface area contributed by atoms with Crippen LogP contribution in [0.3, 0.4) is 0 Å². The van der Waals surface area contributed by atoms with Crippen LogP contribution < -0.4 is 10.2 Å². The summed E-state index contributed by atoms with van der Waals surface area (Å²) < 4.78 is 0. The monoisotopic (exact) mass is 349 g/mol. The fourth-order valence-corrected chi connectivity index (χ4v) is 2.97. The quantitative estimate of drug-likeness (QED) is 0.914. The number of nitriles is 1. The van der Waals surface area contributed by atoms with E-state index in [1.54, 1.807) is 47.5 Å². The van der Waals surface area contributed by atoms with Crippen molar-refractivity contribution in [2.24, 2.45) is 0 Å². The molecule has 1 aromatic heterocycles. The Morgan fingerprint density at radius 2 is 1.92 bits per heavy atom. The molecule has 0 atom stereocenters. The number of aromatic nitrogens is 1. The standard InChI is InChI=1S/C19H19N5O2/c1-14(25)22-17-6-2-4-15(12-17)19(26)24-10-8-23(9-11-24)18-16(13-20)5-3-7-21-18/h2-7,12H,8-11H2,1H3,(H,22,25). The zero-order valence-corrected chi connectivity index (χ0v) is 14.5. The Kier molecular flexibility index (Phi) is 5.13. The van der Waals surface area contributed by atoms with Gasteiger partial charge in [-0.2, -0.15) is 5.26 Å². The molecule has 7 nitrogen and oxygen atoms in total. The molecule has 0 saturated carbocycles. The van der Waals surface area contributed by atoms with Crippen LogP contribution in [0.4, 0.5) is 11.5 Å². The fraction of sp³-hybridized carbons (Fsp3) is 0.263. The number of hydrogen-bond donors (Lipinski definition) is 1. The van der Waals surface area contributed by atoms with E-state index in [-0.39, 0.29) is 11.8 Å². The molecule has 0 aliphatic carbocycles. The summed E-state index contributed by atoms with van der Waals surface area (Å²) in [6, 6.07) is 12.6. The maximum Gasteiger partial charge on any atom is 0.254 e. The van der Waals surface area contributed by atoms with Gasteiger partial charge in [-0.1, -0.05) is 6.07 Å². The first-order valence-electron chi connectivity index (χ1n) is 8.35. The Morgan fingerprint density at radius 1 is 1.15 bits per heavy atom. The zero-order chi connectivity index (χ0) is 18.5. The first kappa shape index (κ1) is 17.4. The second-order valence-corrected chi connectivity index (χ2v) is 6.03. The van der Waals surface area contributed by atoms with E-state index in [0.29, 0.717) is 48.8 Å². The molecular weight excluding hydrogens is 330 g/mol. The van der Waals surface area contributed by atoms with E-state index in [1.807, 2.05) is 4.90 Å². The number of hydrogen-bond acceptors (Lipinski definition) is 5. The van der Waals surface area contributed by atoms with Crippen molar-refractivity contribution in [2.75, 3.05) is 36.4 Å². The van der Waals surface area contributed by atoms with Crippen molar-refractivity contribution in [3.8, 4) is 6.07 Å². The van der Waals surface area contributed by atoms with Gasteiger partial charge in [0, 0.05) is 50.6 Å². The SMILES string of the molecule is CC(=O)Nc1cccc(C(=O)N2CCN(c3ncccc3C#N)CC2)c1. The van der Waals surface area contributed by atoms with E-state index in [0.717, 1.165) is 0 Å². The van der Waals surface area contributed by atoms with Gasteiger partial charge in [0.05, 0.1) is 5.56 Å². The Hall–Kier alpha value is -3.40. The van der Waals surface area contributed by atoms with Gasteiger partial charge in [-0.25, -0.2) is 4.98 Å². The predicted octanol–water partition coefficient (Wildman–Crippen LogP) is 1.87. The Labute approximate surface area is 151 Å². The Balaban J connectivity index is 1.67. The molecule has 2 aromatic rings. The number of rotatable bonds is 3. The number of anilines is 2. The van der Waals surface area contributed by atoms with Crippen LogP contribution in [0, 0.1) is 11.3 Å². The summed E-state index contributed by atoms with van der Waals surface area (Å²) in [6.45, 7) is 3.75. The molecular formula is C19H19N5O2. The minimum atomic E-state index is -0.174. The summed E-state index contributed by atoms with van der Waals surface area (Å²) >= 11 is 0. The van der Waals surface area contributed by atoms with Gasteiger partial charge < -0.3 is 15.1 Å². The lowest BCUT2D eigenvalue weighted by Crippen LogP contribution is -2.49. The third-order valence-corrected chi connectivity index (χ3v) is 4.20. The van der Waals surface area contributed by atoms with Crippen LogP contribution in [0.15, 0.2) is 42.6 Å². The molecule has 0 unspecified atom stereocenters. The van der Waals surface area contributed by atoms with Crippen LogP contribution in [-0.2, 0) is 4.79 Å². The van der Waals surface area contributed by atoms with Gasteiger partial charge in [-0.15, -0.1) is 0 Å². The highest BCUT2D eigenvalue weighted by atomic mass is 16.2. The van der Waals surface area contributed by atoms with Crippen LogP contribution in [0.2, 0.25) is 0 Å². The van der Waals surface area contributed by atoms with E-state index in [1.165, 1.54) is 6.92 Å². The maximum absolute atomic E-state index is 12.7. The second kappa shape index (κ2) is 7.66. The third kappa shape index (κ3) is 3.81. The number of nitrogens with zero attached hydrogens (tertiary/aromatic N) is 4. The summed E-state index contributed by atoms with van der Waals surface area (Å²) in [4.78, 5) is 32.0. The van der Waals surface area contributed by atoms with Gasteiger partial charge in [-0.3, -0.25) is 9.59 Å². The lowest BCUT2D eigenvalue weighted by molar-refractivity contribution is -0.114. The van der Waals surface area contributed by atoms with Crippen LogP contribution >= 0.6 is 0 Å². The topological polar surface area (TPSA) is 89.3 Å². The zero-order valence-electron chi connectivity index (χ0n) is 14.5. The average Bonchev–Trinajstić information content (AvgIpc) is 2.67. The minimum Gasteiger partial charge on any atom is -0.352 e. The summed E-state index contributed by atoms with van der Waals surface area (Å²) in [5.74, 6) is 0.417. The van der Waals surface area contributed by atoms with Crippen LogP contribution in [0.1, 0.15) is 22.8 Å². The van der Waals surface area contributed by atoms with Crippen molar-refractivity contribution in [1.29, 1.82) is 5.26 Å². The molecule has 0 bridgehead atoms. The average molecular weight is 349 g/mol. The molecule has 2 amide bonds. The third-order valence-electron chi connectivity index (χ3n) is 4.20. The van der Waals surface area contributed by atoms with Gasteiger partial charge >= 0.3 is 0 Å². The summed E-state index contributed by atoms with van der Waals surface area (Å²) in [6.07, 6.45) is 1.67. The Bertz CT molecular complexity index is 866. The lowest BCUT2D eigenvalue weighted by atomic mass is 10.1. The predicted molar refractivity (Wildman–Crippen MR) is 97.8 cm³/mol. The number of amides is 2. The number of carbonyl (C=O) groups excluding carboxylic acids is 2. The molecule has 1 aliphatic rings. The number of pyridine rings is 1. The summed E-state index contributed by atoms with van der Waals surface area (Å²) in [5.41, 5.74) is 1.68. The van der Waals surface area contributed by atoms with E-state index < -0.39 is 0 Å². The second-order valence-electron chi connectivity index (χ2n) is 6.03. The van der Waals surface area contributed by atoms with E-state index in [2.05, 4.69) is 16.4 Å². The van der Waals surface area contributed by atoms with Gasteiger partial charge in [0.1, 0.15) is 11.9 Å². The van der Waals surface area contributed by atoms with Crippen LogP contribution in [0.5, 0.6) is 0 Å². The number of benzene rings is 1. The van der Waals surface area contributed by atoms with E-state index in [9.17, 15) is 14.9 Å². The molecule has 0 spiro atoms. The highest BCUT2D eigenvalue weighted by molar-refractivity contribution is 5.97. The molecule has 2 heterocycles. The van der Waals surface area contributed by atoms with Gasteiger partial charge in [0.2, 0.25) is 5.91 Å². The number of piperazine rings is 1. The molecule has 132 valence electrons. The molecule has 3 rings (SSSR count). The number of carbonyl (C=O) groups is 2. The molecule has 0 radical (unpaired) electrons. The highest BCUT2D eigenvalue weighted by Gasteiger charge is 2.24. The molecule has 1 fully saturated rings. The minimum absolute atomic E-state index is 0.0709.